The highest BCUT2D eigenvalue weighted by molar-refractivity contribution is 7.98. The molecule has 0 aliphatic rings. The Bertz CT molecular complexity index is 331. The van der Waals surface area contributed by atoms with Crippen molar-refractivity contribution in [2.45, 2.75) is 40.2 Å². The van der Waals surface area contributed by atoms with Gasteiger partial charge in [0.25, 0.3) is 0 Å². The molecule has 0 radical (unpaired) electrons. The maximum absolute atomic E-state index is 4.56. The first-order chi connectivity index (χ1) is 7.57. The zero-order valence-corrected chi connectivity index (χ0v) is 11.8. The van der Waals surface area contributed by atoms with E-state index in [0.717, 1.165) is 12.2 Å². The Labute approximate surface area is 103 Å². The molecule has 0 amide bonds. The molecular weight excluding hydrogens is 218 g/mol. The molecule has 1 heterocycles. The number of hydrogen-bond acceptors (Lipinski definition) is 3. The predicted molar refractivity (Wildman–Crippen MR) is 73.6 cm³/mol. The van der Waals surface area contributed by atoms with Crippen LogP contribution in [0.5, 0.6) is 0 Å². The lowest BCUT2D eigenvalue weighted by Crippen LogP contribution is -2.07. The minimum atomic E-state index is 0.431. The van der Waals surface area contributed by atoms with Crippen LogP contribution in [0.25, 0.3) is 0 Å². The summed E-state index contributed by atoms with van der Waals surface area (Å²) >= 11 is 1.89. The van der Waals surface area contributed by atoms with E-state index < -0.39 is 0 Å². The summed E-state index contributed by atoms with van der Waals surface area (Å²) in [6.07, 6.45) is 3.35. The van der Waals surface area contributed by atoms with E-state index in [9.17, 15) is 0 Å². The van der Waals surface area contributed by atoms with Crippen LogP contribution in [0.3, 0.4) is 0 Å². The monoisotopic (exact) mass is 241 g/mol. The van der Waals surface area contributed by atoms with Crippen molar-refractivity contribution in [3.05, 3.63) is 11.4 Å². The molecule has 0 aliphatic carbocycles. The summed E-state index contributed by atoms with van der Waals surface area (Å²) in [6.45, 7) is 9.57. The van der Waals surface area contributed by atoms with Crippen LogP contribution in [0.1, 0.15) is 37.7 Å². The fraction of sp³-hybridized carbons (Fsp3) is 0.750. The van der Waals surface area contributed by atoms with Crippen LogP contribution >= 0.6 is 11.8 Å². The second kappa shape index (κ2) is 6.18. The zero-order chi connectivity index (χ0) is 12.1. The number of hydrogen-bond donors (Lipinski definition) is 1. The molecule has 4 heteroatoms. The lowest BCUT2D eigenvalue weighted by atomic mass is 10.3. The highest BCUT2D eigenvalue weighted by atomic mass is 32.2. The molecule has 0 spiro atoms. The number of nitrogens with one attached hydrogen (secondary N) is 1. The SMILES string of the molecule is CSCCCNc1c(C)nn(C(C)C)c1C. The van der Waals surface area contributed by atoms with Crippen LogP contribution in [-0.4, -0.2) is 28.3 Å². The fourth-order valence-corrected chi connectivity index (χ4v) is 2.28. The van der Waals surface area contributed by atoms with Gasteiger partial charge >= 0.3 is 0 Å². The summed E-state index contributed by atoms with van der Waals surface area (Å²) < 4.78 is 2.09. The van der Waals surface area contributed by atoms with Crippen LogP contribution in [0, 0.1) is 13.8 Å². The topological polar surface area (TPSA) is 29.9 Å². The van der Waals surface area contributed by atoms with Gasteiger partial charge in [-0.25, -0.2) is 0 Å². The zero-order valence-electron chi connectivity index (χ0n) is 11.0. The van der Waals surface area contributed by atoms with E-state index in [1.54, 1.807) is 0 Å². The summed E-state index contributed by atoms with van der Waals surface area (Å²) in [5, 5.41) is 8.05. The lowest BCUT2D eigenvalue weighted by Gasteiger charge is -2.09. The third-order valence-corrected chi connectivity index (χ3v) is 3.34. The Morgan fingerprint density at radius 2 is 2.06 bits per heavy atom. The van der Waals surface area contributed by atoms with Crippen LogP contribution in [0.2, 0.25) is 0 Å². The lowest BCUT2D eigenvalue weighted by molar-refractivity contribution is 0.516. The Kier molecular flexibility index (Phi) is 5.19. The molecule has 0 fully saturated rings. The molecule has 0 aromatic carbocycles. The Morgan fingerprint density at radius 3 is 2.56 bits per heavy atom. The first-order valence-corrected chi connectivity index (χ1v) is 7.25. The molecular formula is C12H23N3S. The summed E-state index contributed by atoms with van der Waals surface area (Å²) in [6, 6.07) is 0.431. The van der Waals surface area contributed by atoms with Crippen molar-refractivity contribution in [2.75, 3.05) is 23.9 Å². The Morgan fingerprint density at radius 1 is 1.38 bits per heavy atom. The third-order valence-electron chi connectivity index (χ3n) is 2.64. The maximum Gasteiger partial charge on any atom is 0.0828 e. The molecule has 0 unspecified atom stereocenters. The largest absolute Gasteiger partial charge is 0.382 e. The Balaban J connectivity index is 2.65. The number of anilines is 1. The quantitative estimate of drug-likeness (QED) is 0.775. The smallest absolute Gasteiger partial charge is 0.0828 e. The molecule has 3 nitrogen and oxygen atoms in total. The molecule has 0 saturated heterocycles. The van der Waals surface area contributed by atoms with Gasteiger partial charge in [-0.15, -0.1) is 0 Å². The maximum atomic E-state index is 4.56. The van der Waals surface area contributed by atoms with Gasteiger partial charge in [0.15, 0.2) is 0 Å². The molecule has 1 rings (SSSR count). The third kappa shape index (κ3) is 3.17. The Hall–Kier alpha value is -0.640. The van der Waals surface area contributed by atoms with Gasteiger partial charge in [-0.2, -0.15) is 16.9 Å². The van der Waals surface area contributed by atoms with Gasteiger partial charge in [-0.3, -0.25) is 4.68 Å². The molecule has 1 aromatic rings. The van der Waals surface area contributed by atoms with E-state index in [1.165, 1.54) is 23.6 Å². The molecule has 0 saturated carbocycles. The van der Waals surface area contributed by atoms with Crippen molar-refractivity contribution in [1.82, 2.24) is 9.78 Å². The van der Waals surface area contributed by atoms with Gasteiger partial charge < -0.3 is 5.32 Å². The number of rotatable bonds is 6. The van der Waals surface area contributed by atoms with Crippen molar-refractivity contribution in [2.24, 2.45) is 0 Å². The number of nitrogens with zero attached hydrogens (tertiary/aromatic N) is 2. The predicted octanol–water partition coefficient (Wildman–Crippen LogP) is 3.25. The van der Waals surface area contributed by atoms with E-state index in [4.69, 9.17) is 0 Å². The molecule has 16 heavy (non-hydrogen) atoms. The van der Waals surface area contributed by atoms with Crippen LogP contribution < -0.4 is 5.32 Å². The van der Waals surface area contributed by atoms with Gasteiger partial charge in [-0.1, -0.05) is 0 Å². The second-order valence-electron chi connectivity index (χ2n) is 4.36. The van der Waals surface area contributed by atoms with Crippen LogP contribution in [0.15, 0.2) is 0 Å². The van der Waals surface area contributed by atoms with Gasteiger partial charge in [0.1, 0.15) is 0 Å². The highest BCUT2D eigenvalue weighted by Gasteiger charge is 2.12. The van der Waals surface area contributed by atoms with Crippen molar-refractivity contribution >= 4 is 17.4 Å². The number of thioether (sulfide) groups is 1. The van der Waals surface area contributed by atoms with E-state index >= 15 is 0 Å². The summed E-state index contributed by atoms with van der Waals surface area (Å²) in [4.78, 5) is 0. The fourth-order valence-electron chi connectivity index (χ4n) is 1.85. The van der Waals surface area contributed by atoms with E-state index in [0.29, 0.717) is 6.04 Å². The van der Waals surface area contributed by atoms with Crippen molar-refractivity contribution < 1.29 is 0 Å². The summed E-state index contributed by atoms with van der Waals surface area (Å²) in [7, 11) is 0. The average Bonchev–Trinajstić information content (AvgIpc) is 2.51. The normalized spacial score (nSPS) is 11.1. The van der Waals surface area contributed by atoms with Crippen molar-refractivity contribution in [1.29, 1.82) is 0 Å². The van der Waals surface area contributed by atoms with Crippen LogP contribution in [0.4, 0.5) is 5.69 Å². The van der Waals surface area contributed by atoms with E-state index in [-0.39, 0.29) is 0 Å². The van der Waals surface area contributed by atoms with Gasteiger partial charge in [0, 0.05) is 12.6 Å². The molecule has 1 aromatic heterocycles. The summed E-state index contributed by atoms with van der Waals surface area (Å²) in [5.74, 6) is 1.21. The molecule has 92 valence electrons. The molecule has 0 aliphatic heterocycles. The summed E-state index contributed by atoms with van der Waals surface area (Å²) in [5.41, 5.74) is 3.57. The minimum Gasteiger partial charge on any atom is -0.382 e. The molecule has 1 N–H and O–H groups in total. The first kappa shape index (κ1) is 13.4. The number of aryl methyl sites for hydroxylation is 1. The van der Waals surface area contributed by atoms with E-state index in [1.807, 2.05) is 11.8 Å². The van der Waals surface area contributed by atoms with Gasteiger partial charge in [-0.05, 0) is 46.1 Å². The number of aromatic nitrogens is 2. The van der Waals surface area contributed by atoms with E-state index in [2.05, 4.69) is 49.0 Å². The average molecular weight is 241 g/mol. The van der Waals surface area contributed by atoms with Crippen LogP contribution in [-0.2, 0) is 0 Å². The first-order valence-electron chi connectivity index (χ1n) is 5.86. The van der Waals surface area contributed by atoms with Gasteiger partial charge in [0.2, 0.25) is 0 Å². The minimum absolute atomic E-state index is 0.431. The second-order valence-corrected chi connectivity index (χ2v) is 5.34. The standard InChI is InChI=1S/C12H23N3S/c1-9(2)15-11(4)12(10(3)14-15)13-7-6-8-16-5/h9,13H,6-8H2,1-5H3. The highest BCUT2D eigenvalue weighted by Crippen LogP contribution is 2.22. The van der Waals surface area contributed by atoms with Gasteiger partial charge in [0.05, 0.1) is 17.1 Å². The van der Waals surface area contributed by atoms with Crippen molar-refractivity contribution in [3.8, 4) is 0 Å². The molecule has 0 bridgehead atoms. The molecule has 0 atom stereocenters. The van der Waals surface area contributed by atoms with Crippen molar-refractivity contribution in [3.63, 3.8) is 0 Å².